The van der Waals surface area contributed by atoms with E-state index >= 15 is 0 Å². The number of thiocarbonyl (C=S) groups is 1. The summed E-state index contributed by atoms with van der Waals surface area (Å²) in [6, 6.07) is 0. The second kappa shape index (κ2) is 7.95. The van der Waals surface area contributed by atoms with Gasteiger partial charge in [-0.2, -0.15) is 0 Å². The van der Waals surface area contributed by atoms with Crippen LogP contribution in [0, 0.1) is 11.8 Å². The number of hydrogen-bond acceptors (Lipinski definition) is 2. The molecule has 2 aliphatic heterocycles. The SMILES string of the molecule is C=C(C)CNC(=S)N1CCC[C@@H](C(=O)N2CCC(C)CC2)C1. The Labute approximate surface area is 139 Å². The van der Waals surface area contributed by atoms with Gasteiger partial charge in [0.25, 0.3) is 0 Å². The number of nitrogens with zero attached hydrogens (tertiary/aromatic N) is 2. The molecule has 0 aliphatic carbocycles. The molecule has 22 heavy (non-hydrogen) atoms. The fourth-order valence-corrected chi connectivity index (χ4v) is 3.43. The summed E-state index contributed by atoms with van der Waals surface area (Å²) in [7, 11) is 0. The predicted molar refractivity (Wildman–Crippen MR) is 94.7 cm³/mol. The van der Waals surface area contributed by atoms with Gasteiger partial charge in [-0.3, -0.25) is 4.79 Å². The average molecular weight is 324 g/mol. The fraction of sp³-hybridized carbons (Fsp3) is 0.765. The van der Waals surface area contributed by atoms with Crippen LogP contribution in [0.2, 0.25) is 0 Å². The van der Waals surface area contributed by atoms with Gasteiger partial charge in [0.05, 0.1) is 5.92 Å². The van der Waals surface area contributed by atoms with Crippen molar-refractivity contribution in [2.45, 2.75) is 39.5 Å². The molecular weight excluding hydrogens is 294 g/mol. The van der Waals surface area contributed by atoms with Gasteiger partial charge in [-0.05, 0) is 50.7 Å². The zero-order chi connectivity index (χ0) is 16.1. The monoisotopic (exact) mass is 323 g/mol. The first-order chi connectivity index (χ1) is 10.5. The first-order valence-corrected chi connectivity index (χ1v) is 8.84. The lowest BCUT2D eigenvalue weighted by molar-refractivity contribution is -0.138. The second-order valence-electron chi connectivity index (χ2n) is 6.91. The van der Waals surface area contributed by atoms with Crippen molar-refractivity contribution in [2.75, 3.05) is 32.7 Å². The lowest BCUT2D eigenvalue weighted by atomic mass is 9.94. The van der Waals surface area contributed by atoms with E-state index in [4.69, 9.17) is 12.2 Å². The molecule has 0 saturated carbocycles. The van der Waals surface area contributed by atoms with Crippen LogP contribution in [0.5, 0.6) is 0 Å². The standard InChI is InChI=1S/C17H29N3OS/c1-13(2)11-18-17(22)20-8-4-5-15(12-20)16(21)19-9-6-14(3)7-10-19/h14-15H,1,4-12H2,2-3H3,(H,18,22)/t15-/m1/s1. The highest BCUT2D eigenvalue weighted by Crippen LogP contribution is 2.23. The molecule has 4 nitrogen and oxygen atoms in total. The van der Waals surface area contributed by atoms with Crippen molar-refractivity contribution in [2.24, 2.45) is 11.8 Å². The van der Waals surface area contributed by atoms with E-state index in [0.29, 0.717) is 12.5 Å². The van der Waals surface area contributed by atoms with Crippen LogP contribution in [0.15, 0.2) is 12.2 Å². The van der Waals surface area contributed by atoms with E-state index in [1.54, 1.807) is 0 Å². The van der Waals surface area contributed by atoms with Crippen molar-refractivity contribution >= 4 is 23.2 Å². The summed E-state index contributed by atoms with van der Waals surface area (Å²) in [5.74, 6) is 1.19. The van der Waals surface area contributed by atoms with E-state index in [1.807, 2.05) is 6.92 Å². The van der Waals surface area contributed by atoms with Gasteiger partial charge in [-0.25, -0.2) is 0 Å². The maximum absolute atomic E-state index is 12.7. The van der Waals surface area contributed by atoms with Crippen molar-refractivity contribution in [3.05, 3.63) is 12.2 Å². The first kappa shape index (κ1) is 17.3. The van der Waals surface area contributed by atoms with Crippen LogP contribution in [0.4, 0.5) is 0 Å². The van der Waals surface area contributed by atoms with Gasteiger partial charge in [-0.1, -0.05) is 19.1 Å². The quantitative estimate of drug-likeness (QED) is 0.639. The molecule has 2 fully saturated rings. The number of hydrogen-bond donors (Lipinski definition) is 1. The van der Waals surface area contributed by atoms with Crippen molar-refractivity contribution in [3.63, 3.8) is 0 Å². The smallest absolute Gasteiger partial charge is 0.227 e. The Morgan fingerprint density at radius 3 is 2.55 bits per heavy atom. The summed E-state index contributed by atoms with van der Waals surface area (Å²) in [5.41, 5.74) is 1.06. The van der Waals surface area contributed by atoms with E-state index in [1.165, 1.54) is 0 Å². The molecule has 0 aromatic carbocycles. The zero-order valence-corrected chi connectivity index (χ0v) is 14.8. The summed E-state index contributed by atoms with van der Waals surface area (Å²) >= 11 is 5.45. The average Bonchev–Trinajstić information content (AvgIpc) is 2.52. The summed E-state index contributed by atoms with van der Waals surface area (Å²) < 4.78 is 0. The third-order valence-corrected chi connectivity index (χ3v) is 5.10. The van der Waals surface area contributed by atoms with Gasteiger partial charge in [0, 0.05) is 32.7 Å². The number of amides is 1. The van der Waals surface area contributed by atoms with Crippen molar-refractivity contribution < 1.29 is 4.79 Å². The van der Waals surface area contributed by atoms with E-state index in [0.717, 1.165) is 68.5 Å². The normalized spacial score (nSPS) is 23.3. The minimum Gasteiger partial charge on any atom is -0.359 e. The Morgan fingerprint density at radius 2 is 1.91 bits per heavy atom. The molecule has 0 radical (unpaired) electrons. The van der Waals surface area contributed by atoms with Gasteiger partial charge < -0.3 is 15.1 Å². The third-order valence-electron chi connectivity index (χ3n) is 4.69. The molecule has 2 heterocycles. The van der Waals surface area contributed by atoms with Crippen LogP contribution < -0.4 is 5.32 Å². The molecule has 0 spiro atoms. The Bertz CT molecular complexity index is 430. The summed E-state index contributed by atoms with van der Waals surface area (Å²) in [6.45, 7) is 12.4. The highest BCUT2D eigenvalue weighted by molar-refractivity contribution is 7.80. The summed E-state index contributed by atoms with van der Waals surface area (Å²) in [6.07, 6.45) is 4.31. The van der Waals surface area contributed by atoms with Gasteiger partial charge in [0.2, 0.25) is 5.91 Å². The minimum absolute atomic E-state index is 0.103. The van der Waals surface area contributed by atoms with E-state index in [2.05, 4.69) is 28.6 Å². The number of rotatable bonds is 3. The maximum atomic E-state index is 12.7. The molecule has 1 atom stereocenters. The minimum atomic E-state index is 0.103. The molecule has 2 aliphatic rings. The molecule has 0 aromatic rings. The molecular formula is C17H29N3OS. The van der Waals surface area contributed by atoms with Crippen LogP contribution in [-0.4, -0.2) is 53.5 Å². The van der Waals surface area contributed by atoms with Gasteiger partial charge in [0.15, 0.2) is 5.11 Å². The molecule has 0 aromatic heterocycles. The molecule has 1 amide bonds. The number of likely N-dealkylation sites (tertiary alicyclic amines) is 2. The Hall–Kier alpha value is -1.10. The molecule has 5 heteroatoms. The predicted octanol–water partition coefficient (Wildman–Crippen LogP) is 2.41. The van der Waals surface area contributed by atoms with Crippen LogP contribution in [0.3, 0.4) is 0 Å². The molecule has 2 rings (SSSR count). The van der Waals surface area contributed by atoms with Crippen molar-refractivity contribution in [3.8, 4) is 0 Å². The highest BCUT2D eigenvalue weighted by Gasteiger charge is 2.31. The third kappa shape index (κ3) is 4.70. The molecule has 1 N–H and O–H groups in total. The zero-order valence-electron chi connectivity index (χ0n) is 13.9. The van der Waals surface area contributed by atoms with Gasteiger partial charge in [0.1, 0.15) is 0 Å². The Morgan fingerprint density at radius 1 is 1.23 bits per heavy atom. The Balaban J connectivity index is 1.85. The van der Waals surface area contributed by atoms with Gasteiger partial charge >= 0.3 is 0 Å². The molecule has 124 valence electrons. The van der Waals surface area contributed by atoms with E-state index < -0.39 is 0 Å². The fourth-order valence-electron chi connectivity index (χ4n) is 3.19. The number of piperidine rings is 2. The summed E-state index contributed by atoms with van der Waals surface area (Å²) in [4.78, 5) is 16.9. The maximum Gasteiger partial charge on any atom is 0.227 e. The van der Waals surface area contributed by atoms with Crippen LogP contribution in [0.25, 0.3) is 0 Å². The molecule has 2 saturated heterocycles. The van der Waals surface area contributed by atoms with Crippen molar-refractivity contribution in [1.82, 2.24) is 15.1 Å². The van der Waals surface area contributed by atoms with Gasteiger partial charge in [-0.15, -0.1) is 0 Å². The number of nitrogens with one attached hydrogen (secondary N) is 1. The topological polar surface area (TPSA) is 35.6 Å². The van der Waals surface area contributed by atoms with Crippen molar-refractivity contribution in [1.29, 1.82) is 0 Å². The number of carbonyl (C=O) groups excluding carboxylic acids is 1. The van der Waals surface area contributed by atoms with E-state index in [-0.39, 0.29) is 5.92 Å². The van der Waals surface area contributed by atoms with E-state index in [9.17, 15) is 4.79 Å². The first-order valence-electron chi connectivity index (χ1n) is 8.43. The summed E-state index contributed by atoms with van der Waals surface area (Å²) in [5, 5.41) is 3.99. The van der Waals surface area contributed by atoms with Crippen LogP contribution in [0.1, 0.15) is 39.5 Å². The Kier molecular flexibility index (Phi) is 6.24. The van der Waals surface area contributed by atoms with Crippen LogP contribution >= 0.6 is 12.2 Å². The van der Waals surface area contributed by atoms with Crippen LogP contribution in [-0.2, 0) is 4.79 Å². The lowest BCUT2D eigenvalue weighted by Crippen LogP contribution is -2.50. The highest BCUT2D eigenvalue weighted by atomic mass is 32.1. The molecule has 0 unspecified atom stereocenters. The number of carbonyl (C=O) groups is 1. The lowest BCUT2D eigenvalue weighted by Gasteiger charge is -2.38. The largest absolute Gasteiger partial charge is 0.359 e. The second-order valence-corrected chi connectivity index (χ2v) is 7.30. The molecule has 0 bridgehead atoms.